The fraction of sp³-hybridized carbons (Fsp3) is 0.143. The van der Waals surface area contributed by atoms with Gasteiger partial charge < -0.3 is 10.0 Å². The second-order valence-corrected chi connectivity index (χ2v) is 3.48. The summed E-state index contributed by atoms with van der Waals surface area (Å²) in [6.07, 6.45) is 1.86. The first kappa shape index (κ1) is 9.93. The Balaban J connectivity index is 3.20. The fourth-order valence-corrected chi connectivity index (χ4v) is 1.92. The van der Waals surface area contributed by atoms with Gasteiger partial charge in [0.1, 0.15) is 0 Å². The highest BCUT2D eigenvalue weighted by Gasteiger charge is 2.18. The molecule has 0 amide bonds. The van der Waals surface area contributed by atoms with Gasteiger partial charge in [-0.2, -0.15) is 0 Å². The van der Waals surface area contributed by atoms with Crippen LogP contribution in [-0.4, -0.2) is 23.4 Å². The standard InChI is InChI=1S/C7H8BClO2S/c1-12-6-4-2-3-5(9)7(6)8(10)11/h2-4,10-11H,1H3. The Morgan fingerprint density at radius 3 is 2.50 bits per heavy atom. The first-order chi connectivity index (χ1) is 5.66. The van der Waals surface area contributed by atoms with Crippen molar-refractivity contribution in [2.45, 2.75) is 4.90 Å². The maximum Gasteiger partial charge on any atom is 0.491 e. The molecule has 1 aromatic rings. The van der Waals surface area contributed by atoms with E-state index < -0.39 is 7.12 Å². The maximum absolute atomic E-state index is 8.97. The number of halogens is 1. The smallest absolute Gasteiger partial charge is 0.423 e. The quantitative estimate of drug-likeness (QED) is 0.549. The van der Waals surface area contributed by atoms with Crippen LogP contribution in [0.5, 0.6) is 0 Å². The zero-order chi connectivity index (χ0) is 9.14. The Morgan fingerprint density at radius 1 is 1.42 bits per heavy atom. The Morgan fingerprint density at radius 2 is 2.08 bits per heavy atom. The molecule has 64 valence electrons. The van der Waals surface area contributed by atoms with Crippen molar-refractivity contribution in [1.29, 1.82) is 0 Å². The Bertz CT molecular complexity index is 280. The van der Waals surface area contributed by atoms with E-state index in [0.29, 0.717) is 10.5 Å². The summed E-state index contributed by atoms with van der Waals surface area (Å²) in [5.74, 6) is 0. The molecule has 1 aromatic carbocycles. The Kier molecular flexibility index (Phi) is 3.46. The summed E-state index contributed by atoms with van der Waals surface area (Å²) in [5, 5.41) is 18.3. The van der Waals surface area contributed by atoms with Crippen molar-refractivity contribution in [1.82, 2.24) is 0 Å². The van der Waals surface area contributed by atoms with Gasteiger partial charge in [-0.3, -0.25) is 0 Å². The number of benzene rings is 1. The number of hydrogen-bond donors (Lipinski definition) is 2. The molecule has 0 aromatic heterocycles. The molecule has 2 N–H and O–H groups in total. The van der Waals surface area contributed by atoms with Crippen molar-refractivity contribution in [2.75, 3.05) is 6.26 Å². The average molecular weight is 202 g/mol. The van der Waals surface area contributed by atoms with E-state index in [1.165, 1.54) is 11.8 Å². The molecule has 0 saturated heterocycles. The largest absolute Gasteiger partial charge is 0.491 e. The highest BCUT2D eigenvalue weighted by Crippen LogP contribution is 2.16. The topological polar surface area (TPSA) is 40.5 Å². The van der Waals surface area contributed by atoms with E-state index in [0.717, 1.165) is 4.90 Å². The molecular formula is C7H8BClO2S. The van der Waals surface area contributed by atoms with Crippen LogP contribution in [0, 0.1) is 0 Å². The fourth-order valence-electron chi connectivity index (χ4n) is 0.946. The van der Waals surface area contributed by atoms with Gasteiger partial charge in [0, 0.05) is 15.4 Å². The minimum Gasteiger partial charge on any atom is -0.423 e. The summed E-state index contributed by atoms with van der Waals surface area (Å²) in [6, 6.07) is 5.21. The second kappa shape index (κ2) is 4.19. The molecule has 5 heteroatoms. The summed E-state index contributed by atoms with van der Waals surface area (Å²) in [7, 11) is -1.50. The van der Waals surface area contributed by atoms with Crippen molar-refractivity contribution in [3.8, 4) is 0 Å². The van der Waals surface area contributed by atoms with Gasteiger partial charge in [0.25, 0.3) is 0 Å². The van der Waals surface area contributed by atoms with Gasteiger partial charge in [0.05, 0.1) is 0 Å². The van der Waals surface area contributed by atoms with E-state index >= 15 is 0 Å². The van der Waals surface area contributed by atoms with Gasteiger partial charge in [-0.25, -0.2) is 0 Å². The molecule has 0 saturated carbocycles. The number of rotatable bonds is 2. The zero-order valence-corrected chi connectivity index (χ0v) is 8.06. The van der Waals surface area contributed by atoms with Crippen LogP contribution < -0.4 is 5.46 Å². The maximum atomic E-state index is 8.97. The molecule has 0 aliphatic carbocycles. The first-order valence-corrected chi connectivity index (χ1v) is 4.95. The van der Waals surface area contributed by atoms with Crippen molar-refractivity contribution in [2.24, 2.45) is 0 Å². The van der Waals surface area contributed by atoms with E-state index in [4.69, 9.17) is 21.6 Å². The summed E-state index contributed by atoms with van der Waals surface area (Å²) >= 11 is 7.20. The molecule has 12 heavy (non-hydrogen) atoms. The van der Waals surface area contributed by atoms with E-state index in [1.807, 2.05) is 6.26 Å². The molecule has 0 atom stereocenters. The highest BCUT2D eigenvalue weighted by molar-refractivity contribution is 7.98. The molecule has 0 radical (unpaired) electrons. The van der Waals surface area contributed by atoms with Crippen LogP contribution in [0.2, 0.25) is 5.02 Å². The van der Waals surface area contributed by atoms with E-state index in [9.17, 15) is 0 Å². The molecule has 0 aliphatic rings. The van der Waals surface area contributed by atoms with E-state index in [-0.39, 0.29) is 0 Å². The van der Waals surface area contributed by atoms with Crippen LogP contribution in [-0.2, 0) is 0 Å². The van der Waals surface area contributed by atoms with Crippen molar-refractivity contribution < 1.29 is 10.0 Å². The van der Waals surface area contributed by atoms with Crippen molar-refractivity contribution >= 4 is 35.9 Å². The minimum atomic E-state index is -1.50. The summed E-state index contributed by atoms with van der Waals surface area (Å²) < 4.78 is 0. The van der Waals surface area contributed by atoms with Crippen LogP contribution in [0.25, 0.3) is 0 Å². The molecule has 0 heterocycles. The number of thioether (sulfide) groups is 1. The highest BCUT2D eigenvalue weighted by atomic mass is 35.5. The van der Waals surface area contributed by atoms with Crippen LogP contribution in [0.1, 0.15) is 0 Å². The lowest BCUT2D eigenvalue weighted by atomic mass is 9.80. The zero-order valence-electron chi connectivity index (χ0n) is 6.49. The van der Waals surface area contributed by atoms with Crippen molar-refractivity contribution in [3.63, 3.8) is 0 Å². The molecule has 2 nitrogen and oxygen atoms in total. The molecule has 0 fully saturated rings. The third-order valence-electron chi connectivity index (χ3n) is 1.49. The van der Waals surface area contributed by atoms with Gasteiger partial charge in [0.2, 0.25) is 0 Å². The van der Waals surface area contributed by atoms with Crippen LogP contribution in [0.3, 0.4) is 0 Å². The lowest BCUT2D eigenvalue weighted by Crippen LogP contribution is -2.32. The van der Waals surface area contributed by atoms with Crippen LogP contribution >= 0.6 is 23.4 Å². The molecule has 0 aliphatic heterocycles. The molecule has 0 spiro atoms. The lowest BCUT2D eigenvalue weighted by molar-refractivity contribution is 0.425. The van der Waals surface area contributed by atoms with E-state index in [1.54, 1.807) is 18.2 Å². The molecule has 1 rings (SSSR count). The van der Waals surface area contributed by atoms with Crippen LogP contribution in [0.4, 0.5) is 0 Å². The molecule has 0 bridgehead atoms. The Labute approximate surface area is 80.7 Å². The Hall–Kier alpha value is -0.155. The molecular weight excluding hydrogens is 194 g/mol. The first-order valence-electron chi connectivity index (χ1n) is 3.35. The third-order valence-corrected chi connectivity index (χ3v) is 2.62. The summed E-state index contributed by atoms with van der Waals surface area (Å²) in [4.78, 5) is 0.789. The predicted molar refractivity (Wildman–Crippen MR) is 53.1 cm³/mol. The van der Waals surface area contributed by atoms with E-state index in [2.05, 4.69) is 0 Å². The van der Waals surface area contributed by atoms with Gasteiger partial charge in [-0.15, -0.1) is 11.8 Å². The summed E-state index contributed by atoms with van der Waals surface area (Å²) in [6.45, 7) is 0. The van der Waals surface area contributed by atoms with Gasteiger partial charge in [0.15, 0.2) is 0 Å². The predicted octanol–water partition coefficient (Wildman–Crippen LogP) is 0.742. The normalized spacial score (nSPS) is 10.0. The number of hydrogen-bond acceptors (Lipinski definition) is 3. The van der Waals surface area contributed by atoms with Crippen LogP contribution in [0.15, 0.2) is 23.1 Å². The monoisotopic (exact) mass is 202 g/mol. The minimum absolute atomic E-state index is 0.381. The SMILES string of the molecule is CSc1cccc(Cl)c1B(O)O. The third kappa shape index (κ3) is 1.96. The van der Waals surface area contributed by atoms with Gasteiger partial charge in [-0.1, -0.05) is 17.7 Å². The van der Waals surface area contributed by atoms with Crippen molar-refractivity contribution in [3.05, 3.63) is 23.2 Å². The van der Waals surface area contributed by atoms with Gasteiger partial charge >= 0.3 is 7.12 Å². The van der Waals surface area contributed by atoms with Gasteiger partial charge in [-0.05, 0) is 18.4 Å². The lowest BCUT2D eigenvalue weighted by Gasteiger charge is -2.07. The second-order valence-electron chi connectivity index (χ2n) is 2.23. The average Bonchev–Trinajstić information content (AvgIpc) is 2.03. The molecule has 0 unspecified atom stereocenters. The summed E-state index contributed by atoms with van der Waals surface area (Å²) in [5.41, 5.74) is 0.381.